The van der Waals surface area contributed by atoms with Crippen molar-refractivity contribution < 1.29 is 9.90 Å². The number of aliphatic hydroxyl groups is 1. The molecule has 0 bridgehead atoms. The zero-order chi connectivity index (χ0) is 16.2. The fourth-order valence-electron chi connectivity index (χ4n) is 3.23. The number of amides is 2. The van der Waals surface area contributed by atoms with E-state index >= 15 is 0 Å². The van der Waals surface area contributed by atoms with Crippen LogP contribution < -0.4 is 10.2 Å². The van der Waals surface area contributed by atoms with Crippen LogP contribution in [0, 0.1) is 6.92 Å². The van der Waals surface area contributed by atoms with Crippen molar-refractivity contribution in [2.75, 3.05) is 47.9 Å². The Bertz CT molecular complexity index is 561. The summed E-state index contributed by atoms with van der Waals surface area (Å²) < 4.78 is 0. The van der Waals surface area contributed by atoms with E-state index in [1.807, 2.05) is 23.9 Å². The van der Waals surface area contributed by atoms with Crippen LogP contribution >= 0.6 is 11.8 Å². The van der Waals surface area contributed by atoms with E-state index in [9.17, 15) is 9.90 Å². The third-order valence-corrected chi connectivity index (χ3v) is 5.43. The number of nitrogens with one attached hydrogen (secondary N) is 1. The van der Waals surface area contributed by atoms with Gasteiger partial charge in [0.25, 0.3) is 0 Å². The van der Waals surface area contributed by atoms with Crippen molar-refractivity contribution in [1.82, 2.24) is 4.90 Å². The SMILES string of the molecule is Cc1cc(NC(=O)N2CCCC(O)C2)ccc1N1CCSCC1. The van der Waals surface area contributed by atoms with Gasteiger partial charge in [-0.15, -0.1) is 0 Å². The number of thioether (sulfide) groups is 1. The van der Waals surface area contributed by atoms with Crippen LogP contribution in [0.3, 0.4) is 0 Å². The fourth-order valence-corrected chi connectivity index (χ4v) is 4.14. The zero-order valence-corrected chi connectivity index (χ0v) is 14.4. The number of aliphatic hydroxyl groups excluding tert-OH is 1. The fraction of sp³-hybridized carbons (Fsp3) is 0.588. The molecule has 1 unspecified atom stereocenters. The van der Waals surface area contributed by atoms with Gasteiger partial charge in [-0.25, -0.2) is 4.79 Å². The maximum atomic E-state index is 12.3. The standard InChI is InChI=1S/C17H25N3O2S/c1-13-11-14(4-5-16(13)19-7-9-23-10-8-19)18-17(22)20-6-2-3-15(21)12-20/h4-5,11,15,21H,2-3,6-10,12H2,1H3,(H,18,22). The van der Waals surface area contributed by atoms with Gasteiger partial charge in [0.2, 0.25) is 0 Å². The van der Waals surface area contributed by atoms with Gasteiger partial charge in [0.15, 0.2) is 0 Å². The first-order chi connectivity index (χ1) is 11.1. The van der Waals surface area contributed by atoms with E-state index in [-0.39, 0.29) is 6.03 Å². The number of likely N-dealkylation sites (tertiary alicyclic amines) is 1. The van der Waals surface area contributed by atoms with E-state index in [1.165, 1.54) is 22.8 Å². The van der Waals surface area contributed by atoms with Crippen LogP contribution in [0.1, 0.15) is 18.4 Å². The van der Waals surface area contributed by atoms with E-state index in [1.54, 1.807) is 4.90 Å². The summed E-state index contributed by atoms with van der Waals surface area (Å²) in [6.07, 6.45) is 1.25. The second kappa shape index (κ2) is 7.45. The van der Waals surface area contributed by atoms with Crippen molar-refractivity contribution in [3.63, 3.8) is 0 Å². The number of carbonyl (C=O) groups is 1. The Morgan fingerprint density at radius 1 is 1.30 bits per heavy atom. The third-order valence-electron chi connectivity index (χ3n) is 4.48. The summed E-state index contributed by atoms with van der Waals surface area (Å²) in [6.45, 7) is 5.41. The summed E-state index contributed by atoms with van der Waals surface area (Å²) in [5, 5.41) is 12.6. The number of urea groups is 1. The molecule has 6 heteroatoms. The lowest BCUT2D eigenvalue weighted by Crippen LogP contribution is -2.44. The van der Waals surface area contributed by atoms with Gasteiger partial charge in [-0.1, -0.05) is 0 Å². The Balaban J connectivity index is 1.64. The molecule has 1 aromatic rings. The van der Waals surface area contributed by atoms with Crippen LogP contribution in [0.5, 0.6) is 0 Å². The topological polar surface area (TPSA) is 55.8 Å². The number of hydrogen-bond acceptors (Lipinski definition) is 4. The number of aryl methyl sites for hydroxylation is 1. The molecule has 23 heavy (non-hydrogen) atoms. The second-order valence-electron chi connectivity index (χ2n) is 6.27. The van der Waals surface area contributed by atoms with Crippen LogP contribution in [0.4, 0.5) is 16.2 Å². The first kappa shape index (κ1) is 16.5. The lowest BCUT2D eigenvalue weighted by Gasteiger charge is -2.31. The van der Waals surface area contributed by atoms with Crippen LogP contribution in [-0.4, -0.2) is 59.8 Å². The van der Waals surface area contributed by atoms with Crippen LogP contribution in [0.15, 0.2) is 18.2 Å². The summed E-state index contributed by atoms with van der Waals surface area (Å²) in [4.78, 5) is 16.4. The number of β-amino-alcohol motifs (C(OH)–C–C–N with tert-alkyl or cyclic N) is 1. The highest BCUT2D eigenvalue weighted by atomic mass is 32.2. The van der Waals surface area contributed by atoms with Crippen molar-refractivity contribution in [3.8, 4) is 0 Å². The van der Waals surface area contributed by atoms with Gasteiger partial charge < -0.3 is 20.2 Å². The quantitative estimate of drug-likeness (QED) is 0.872. The molecule has 1 aromatic carbocycles. The Kier molecular flexibility index (Phi) is 5.33. The van der Waals surface area contributed by atoms with E-state index in [0.29, 0.717) is 13.1 Å². The number of piperidine rings is 1. The van der Waals surface area contributed by atoms with Crippen molar-refractivity contribution in [2.45, 2.75) is 25.9 Å². The van der Waals surface area contributed by atoms with Gasteiger partial charge in [-0.2, -0.15) is 11.8 Å². The molecule has 3 rings (SSSR count). The summed E-state index contributed by atoms with van der Waals surface area (Å²) in [5.74, 6) is 2.35. The molecule has 2 heterocycles. The number of hydrogen-bond donors (Lipinski definition) is 2. The second-order valence-corrected chi connectivity index (χ2v) is 7.50. The number of carbonyl (C=O) groups excluding carboxylic acids is 1. The maximum absolute atomic E-state index is 12.3. The van der Waals surface area contributed by atoms with Gasteiger partial charge in [0.05, 0.1) is 6.10 Å². The smallest absolute Gasteiger partial charge is 0.321 e. The normalized spacial score (nSPS) is 22.1. The Morgan fingerprint density at radius 2 is 2.09 bits per heavy atom. The van der Waals surface area contributed by atoms with Gasteiger partial charge in [0.1, 0.15) is 0 Å². The number of anilines is 2. The molecule has 0 radical (unpaired) electrons. The number of rotatable bonds is 2. The number of nitrogens with zero attached hydrogens (tertiary/aromatic N) is 2. The average Bonchev–Trinajstić information content (AvgIpc) is 2.56. The Labute approximate surface area is 142 Å². The lowest BCUT2D eigenvalue weighted by atomic mass is 10.1. The average molecular weight is 335 g/mol. The van der Waals surface area contributed by atoms with Crippen LogP contribution in [0.25, 0.3) is 0 Å². The van der Waals surface area contributed by atoms with E-state index in [2.05, 4.69) is 23.2 Å². The Hall–Kier alpha value is -1.40. The lowest BCUT2D eigenvalue weighted by molar-refractivity contribution is 0.0883. The first-order valence-corrected chi connectivity index (χ1v) is 9.46. The minimum absolute atomic E-state index is 0.120. The maximum Gasteiger partial charge on any atom is 0.321 e. The molecule has 2 amide bonds. The summed E-state index contributed by atoms with van der Waals surface area (Å²) in [6, 6.07) is 5.99. The molecule has 2 fully saturated rings. The highest BCUT2D eigenvalue weighted by Gasteiger charge is 2.22. The predicted octanol–water partition coefficient (Wildman–Crippen LogP) is 2.54. The molecule has 2 aliphatic heterocycles. The van der Waals surface area contributed by atoms with Crippen molar-refractivity contribution in [1.29, 1.82) is 0 Å². The molecular formula is C17H25N3O2S. The highest BCUT2D eigenvalue weighted by Crippen LogP contribution is 2.26. The minimum Gasteiger partial charge on any atom is -0.391 e. The molecule has 0 aliphatic carbocycles. The van der Waals surface area contributed by atoms with E-state index in [4.69, 9.17) is 0 Å². The van der Waals surface area contributed by atoms with Gasteiger partial charge in [-0.3, -0.25) is 0 Å². The molecule has 0 aromatic heterocycles. The molecule has 0 spiro atoms. The molecule has 5 nitrogen and oxygen atoms in total. The minimum atomic E-state index is -0.393. The third kappa shape index (κ3) is 4.12. The molecule has 1 atom stereocenters. The van der Waals surface area contributed by atoms with Crippen LogP contribution in [0.2, 0.25) is 0 Å². The molecule has 2 N–H and O–H groups in total. The predicted molar refractivity (Wildman–Crippen MR) is 96.5 cm³/mol. The largest absolute Gasteiger partial charge is 0.391 e. The van der Waals surface area contributed by atoms with Gasteiger partial charge in [0, 0.05) is 49.1 Å². The van der Waals surface area contributed by atoms with E-state index in [0.717, 1.165) is 31.6 Å². The molecular weight excluding hydrogens is 310 g/mol. The highest BCUT2D eigenvalue weighted by molar-refractivity contribution is 7.99. The van der Waals surface area contributed by atoms with Crippen molar-refractivity contribution in [3.05, 3.63) is 23.8 Å². The van der Waals surface area contributed by atoms with Crippen LogP contribution in [-0.2, 0) is 0 Å². The summed E-state index contributed by atoms with van der Waals surface area (Å²) >= 11 is 2.00. The van der Waals surface area contributed by atoms with E-state index < -0.39 is 6.10 Å². The molecule has 126 valence electrons. The van der Waals surface area contributed by atoms with Crippen molar-refractivity contribution >= 4 is 29.2 Å². The van der Waals surface area contributed by atoms with Gasteiger partial charge >= 0.3 is 6.03 Å². The first-order valence-electron chi connectivity index (χ1n) is 8.31. The molecule has 2 saturated heterocycles. The summed E-state index contributed by atoms with van der Waals surface area (Å²) in [5.41, 5.74) is 3.27. The zero-order valence-electron chi connectivity index (χ0n) is 13.6. The molecule has 0 saturated carbocycles. The van der Waals surface area contributed by atoms with Crippen molar-refractivity contribution in [2.24, 2.45) is 0 Å². The van der Waals surface area contributed by atoms with Gasteiger partial charge in [-0.05, 0) is 43.5 Å². The Morgan fingerprint density at radius 3 is 2.78 bits per heavy atom. The molecule has 2 aliphatic rings. The summed E-state index contributed by atoms with van der Waals surface area (Å²) in [7, 11) is 0. The monoisotopic (exact) mass is 335 g/mol. The number of benzene rings is 1.